The van der Waals surface area contributed by atoms with E-state index in [1.165, 1.54) is 18.2 Å². The molecular weight excluding hydrogens is 302 g/mol. The molecule has 1 heterocycles. The fraction of sp³-hybridized carbons (Fsp3) is 0.0833. The van der Waals surface area contributed by atoms with E-state index in [4.69, 9.17) is 23.2 Å². The molecule has 0 aliphatic heterocycles. The van der Waals surface area contributed by atoms with Crippen LogP contribution in [0.4, 0.5) is 13.2 Å². The predicted octanol–water partition coefficient (Wildman–Crippen LogP) is 4.78. The Labute approximate surface area is 116 Å². The van der Waals surface area contributed by atoms with E-state index in [1.54, 1.807) is 0 Å². The van der Waals surface area contributed by atoms with E-state index in [1.807, 2.05) is 0 Å². The Kier molecular flexibility index (Phi) is 3.60. The van der Waals surface area contributed by atoms with E-state index in [9.17, 15) is 18.3 Å². The van der Waals surface area contributed by atoms with Crippen LogP contribution in [0.5, 0.6) is 5.75 Å². The molecule has 0 atom stereocenters. The van der Waals surface area contributed by atoms with Crippen molar-refractivity contribution in [2.75, 3.05) is 0 Å². The number of hydrogen-bond donors (Lipinski definition) is 1. The summed E-state index contributed by atoms with van der Waals surface area (Å²) in [7, 11) is 0. The lowest BCUT2D eigenvalue weighted by atomic mass is 10.1. The maximum Gasteiger partial charge on any atom is 0.420 e. The monoisotopic (exact) mass is 307 g/mol. The molecule has 0 saturated heterocycles. The molecule has 0 saturated carbocycles. The quantitative estimate of drug-likeness (QED) is 0.822. The third-order valence-corrected chi connectivity index (χ3v) is 3.16. The molecule has 0 aliphatic rings. The second-order valence-corrected chi connectivity index (χ2v) is 4.50. The lowest BCUT2D eigenvalue weighted by Crippen LogP contribution is -2.06. The van der Waals surface area contributed by atoms with Crippen molar-refractivity contribution in [3.8, 4) is 17.0 Å². The molecule has 1 aromatic heterocycles. The molecule has 0 bridgehead atoms. The Morgan fingerprint density at radius 3 is 2.32 bits per heavy atom. The van der Waals surface area contributed by atoms with Gasteiger partial charge < -0.3 is 5.11 Å². The minimum atomic E-state index is -4.65. The van der Waals surface area contributed by atoms with Gasteiger partial charge in [0.25, 0.3) is 0 Å². The first-order valence-electron chi connectivity index (χ1n) is 5.01. The fourth-order valence-corrected chi connectivity index (χ4v) is 1.84. The first-order valence-corrected chi connectivity index (χ1v) is 5.77. The molecule has 0 radical (unpaired) electrons. The summed E-state index contributed by atoms with van der Waals surface area (Å²) in [5.74, 6) is -0.937. The lowest BCUT2D eigenvalue weighted by molar-refractivity contribution is -0.138. The van der Waals surface area contributed by atoms with Gasteiger partial charge in [0.1, 0.15) is 11.3 Å². The summed E-state index contributed by atoms with van der Waals surface area (Å²) >= 11 is 11.5. The SMILES string of the molecule is Oc1c(C(F)(F)F)ccnc1-c1ccc(Cl)c(Cl)c1. The standard InChI is InChI=1S/C12H6Cl2F3NO/c13-8-2-1-6(5-9(8)14)10-11(19)7(3-4-18-10)12(15,16)17/h1-5,19H. The van der Waals surface area contributed by atoms with Gasteiger partial charge in [-0.2, -0.15) is 13.2 Å². The fourth-order valence-electron chi connectivity index (χ4n) is 1.54. The van der Waals surface area contributed by atoms with Gasteiger partial charge in [-0.05, 0) is 18.2 Å². The van der Waals surface area contributed by atoms with Crippen LogP contribution in [-0.4, -0.2) is 10.1 Å². The van der Waals surface area contributed by atoms with Crippen LogP contribution in [0.2, 0.25) is 10.0 Å². The van der Waals surface area contributed by atoms with Gasteiger partial charge in [-0.3, -0.25) is 4.98 Å². The second kappa shape index (κ2) is 4.90. The topological polar surface area (TPSA) is 33.1 Å². The van der Waals surface area contributed by atoms with Gasteiger partial charge in [0.2, 0.25) is 0 Å². The summed E-state index contributed by atoms with van der Waals surface area (Å²) in [6, 6.07) is 4.89. The summed E-state index contributed by atoms with van der Waals surface area (Å²) in [5, 5.41) is 10.1. The number of aromatic nitrogens is 1. The minimum absolute atomic E-state index is 0.165. The molecule has 0 unspecified atom stereocenters. The van der Waals surface area contributed by atoms with Gasteiger partial charge in [-0.25, -0.2) is 0 Å². The third kappa shape index (κ3) is 2.77. The molecule has 0 aliphatic carbocycles. The van der Waals surface area contributed by atoms with Gasteiger partial charge in [-0.15, -0.1) is 0 Å². The van der Waals surface area contributed by atoms with Crippen molar-refractivity contribution in [1.82, 2.24) is 4.98 Å². The van der Waals surface area contributed by atoms with Gasteiger partial charge in [0.15, 0.2) is 5.75 Å². The largest absolute Gasteiger partial charge is 0.505 e. The van der Waals surface area contributed by atoms with Crippen LogP contribution in [0.1, 0.15) is 5.56 Å². The molecule has 7 heteroatoms. The highest BCUT2D eigenvalue weighted by molar-refractivity contribution is 6.42. The van der Waals surface area contributed by atoms with E-state index in [0.717, 1.165) is 6.20 Å². The van der Waals surface area contributed by atoms with Crippen molar-refractivity contribution in [3.63, 3.8) is 0 Å². The zero-order valence-electron chi connectivity index (χ0n) is 9.17. The van der Waals surface area contributed by atoms with Gasteiger partial charge in [0, 0.05) is 11.8 Å². The van der Waals surface area contributed by atoms with Gasteiger partial charge in [0.05, 0.1) is 10.0 Å². The highest BCUT2D eigenvalue weighted by atomic mass is 35.5. The zero-order chi connectivity index (χ0) is 14.2. The number of rotatable bonds is 1. The van der Waals surface area contributed by atoms with Crippen LogP contribution in [0.25, 0.3) is 11.3 Å². The van der Waals surface area contributed by atoms with Crippen molar-refractivity contribution in [2.24, 2.45) is 0 Å². The number of alkyl halides is 3. The van der Waals surface area contributed by atoms with Crippen molar-refractivity contribution in [1.29, 1.82) is 0 Å². The first-order chi connectivity index (χ1) is 8.80. The average molecular weight is 308 g/mol. The smallest absolute Gasteiger partial charge is 0.420 e. The van der Waals surface area contributed by atoms with Crippen LogP contribution < -0.4 is 0 Å². The third-order valence-electron chi connectivity index (χ3n) is 2.42. The minimum Gasteiger partial charge on any atom is -0.505 e. The van der Waals surface area contributed by atoms with Crippen LogP contribution in [0, 0.1) is 0 Å². The van der Waals surface area contributed by atoms with Crippen molar-refractivity contribution < 1.29 is 18.3 Å². The highest BCUT2D eigenvalue weighted by Gasteiger charge is 2.35. The first kappa shape index (κ1) is 14.0. The van der Waals surface area contributed by atoms with E-state index in [2.05, 4.69) is 4.98 Å². The number of aromatic hydroxyl groups is 1. The molecule has 0 fully saturated rings. The van der Waals surface area contributed by atoms with Crippen molar-refractivity contribution in [2.45, 2.75) is 6.18 Å². The molecule has 2 rings (SSSR count). The zero-order valence-corrected chi connectivity index (χ0v) is 10.7. The van der Waals surface area contributed by atoms with Crippen molar-refractivity contribution in [3.05, 3.63) is 46.1 Å². The maximum atomic E-state index is 12.7. The molecule has 2 aromatic rings. The highest BCUT2D eigenvalue weighted by Crippen LogP contribution is 2.40. The summed E-state index contributed by atoms with van der Waals surface area (Å²) in [6.07, 6.45) is -3.68. The number of halogens is 5. The molecule has 2 nitrogen and oxygen atoms in total. The Morgan fingerprint density at radius 2 is 1.74 bits per heavy atom. The maximum absolute atomic E-state index is 12.7. The Balaban J connectivity index is 2.60. The van der Waals surface area contributed by atoms with E-state index in [0.29, 0.717) is 6.07 Å². The second-order valence-electron chi connectivity index (χ2n) is 3.68. The molecule has 100 valence electrons. The Bertz CT molecular complexity index is 629. The number of nitrogens with zero attached hydrogens (tertiary/aromatic N) is 1. The van der Waals surface area contributed by atoms with E-state index in [-0.39, 0.29) is 21.3 Å². The van der Waals surface area contributed by atoms with Crippen LogP contribution in [0.15, 0.2) is 30.5 Å². The van der Waals surface area contributed by atoms with Gasteiger partial charge >= 0.3 is 6.18 Å². The molecule has 0 amide bonds. The summed E-state index contributed by atoms with van der Waals surface area (Å²) < 4.78 is 38.0. The lowest BCUT2D eigenvalue weighted by Gasteiger charge is -2.12. The van der Waals surface area contributed by atoms with E-state index >= 15 is 0 Å². The predicted molar refractivity (Wildman–Crippen MR) is 66.4 cm³/mol. The molecule has 1 N–H and O–H groups in total. The Morgan fingerprint density at radius 1 is 1.05 bits per heavy atom. The molecule has 0 spiro atoms. The summed E-state index contributed by atoms with van der Waals surface area (Å²) in [4.78, 5) is 3.74. The van der Waals surface area contributed by atoms with Crippen LogP contribution in [-0.2, 0) is 6.18 Å². The normalized spacial score (nSPS) is 11.6. The molecule has 19 heavy (non-hydrogen) atoms. The van der Waals surface area contributed by atoms with Gasteiger partial charge in [-0.1, -0.05) is 29.3 Å². The number of pyridine rings is 1. The van der Waals surface area contributed by atoms with Crippen LogP contribution >= 0.6 is 23.2 Å². The molecular formula is C12H6Cl2F3NO. The summed E-state index contributed by atoms with van der Waals surface area (Å²) in [6.45, 7) is 0. The average Bonchev–Trinajstić information content (AvgIpc) is 2.32. The van der Waals surface area contributed by atoms with Crippen molar-refractivity contribution >= 4 is 23.2 Å². The van der Waals surface area contributed by atoms with Crippen LogP contribution in [0.3, 0.4) is 0 Å². The Hall–Kier alpha value is -1.46. The number of benzene rings is 1. The van der Waals surface area contributed by atoms with E-state index < -0.39 is 17.5 Å². The molecule has 1 aromatic carbocycles. The summed E-state index contributed by atoms with van der Waals surface area (Å²) in [5.41, 5.74) is -1.10. The number of hydrogen-bond acceptors (Lipinski definition) is 2.